The van der Waals surface area contributed by atoms with Crippen LogP contribution in [-0.2, 0) is 6.18 Å². The van der Waals surface area contributed by atoms with Gasteiger partial charge in [-0.3, -0.25) is 20.0 Å². The van der Waals surface area contributed by atoms with Gasteiger partial charge in [-0.25, -0.2) is 13.6 Å². The molecule has 6 nitrogen and oxygen atoms in total. The summed E-state index contributed by atoms with van der Waals surface area (Å²) in [5, 5.41) is 2.78. The number of anilines is 1. The summed E-state index contributed by atoms with van der Waals surface area (Å²) in [7, 11) is 0. The lowest BCUT2D eigenvalue weighted by atomic mass is 9.86. The van der Waals surface area contributed by atoms with E-state index in [0.717, 1.165) is 62.1 Å². The van der Waals surface area contributed by atoms with Crippen molar-refractivity contribution in [2.45, 2.75) is 56.3 Å². The average molecular weight is 521 g/mol. The van der Waals surface area contributed by atoms with E-state index in [1.165, 1.54) is 9.80 Å². The molecule has 0 bridgehead atoms. The molecule has 1 saturated carbocycles. The number of benzene rings is 2. The van der Waals surface area contributed by atoms with E-state index < -0.39 is 40.9 Å². The standard InChI is InChI=1S/C26H25F5N4O2/c27-18-12-19(28)14-21(13-18)35-24(37)33-23(32-20-4-1-2-5-20)25(35)10-3-11-34(15-25)22(36)16-6-8-17(9-7-16)26(29,30)31/h6-9,12-14,20H,1-5,10-11,15H2,(H,32,33,37). The second-order valence-electron chi connectivity index (χ2n) is 9.75. The Bertz CT molecular complexity index is 1220. The molecule has 0 aromatic heterocycles. The van der Waals surface area contributed by atoms with Crippen LogP contribution in [0.1, 0.15) is 54.4 Å². The molecular weight excluding hydrogens is 495 g/mol. The summed E-state index contributed by atoms with van der Waals surface area (Å²) in [6, 6.07) is 6.14. The number of rotatable bonds is 3. The van der Waals surface area contributed by atoms with Crippen LogP contribution in [-0.4, -0.2) is 47.3 Å². The smallest absolute Gasteiger partial charge is 0.336 e. The largest absolute Gasteiger partial charge is 0.416 e. The molecule has 1 N–H and O–H groups in total. The Morgan fingerprint density at radius 3 is 2.27 bits per heavy atom. The number of likely N-dealkylation sites (tertiary alicyclic amines) is 1. The van der Waals surface area contributed by atoms with Gasteiger partial charge in [-0.2, -0.15) is 13.2 Å². The predicted octanol–water partition coefficient (Wildman–Crippen LogP) is 5.53. The van der Waals surface area contributed by atoms with Crippen LogP contribution in [0.5, 0.6) is 0 Å². The SMILES string of the molecule is O=C(c1ccc(C(F)(F)F)cc1)N1CCCC2(C1)C(=NC1CCCC1)NC(=O)N2c1cc(F)cc(F)c1. The first-order valence-corrected chi connectivity index (χ1v) is 12.2. The molecule has 1 spiro atoms. The summed E-state index contributed by atoms with van der Waals surface area (Å²) in [5.41, 5.74) is -2.00. The molecule has 2 saturated heterocycles. The maximum Gasteiger partial charge on any atom is 0.416 e. The highest BCUT2D eigenvalue weighted by molar-refractivity contribution is 6.19. The molecule has 3 aliphatic rings. The van der Waals surface area contributed by atoms with E-state index in [0.29, 0.717) is 31.3 Å². The molecular formula is C26H25F5N4O2. The maximum absolute atomic E-state index is 14.2. The number of nitrogens with zero attached hydrogens (tertiary/aromatic N) is 3. The predicted molar refractivity (Wildman–Crippen MR) is 126 cm³/mol. The number of urea groups is 1. The zero-order chi connectivity index (χ0) is 26.4. The monoisotopic (exact) mass is 520 g/mol. The fourth-order valence-electron chi connectivity index (χ4n) is 5.54. The van der Waals surface area contributed by atoms with Gasteiger partial charge in [0.05, 0.1) is 23.8 Å². The number of halogens is 5. The van der Waals surface area contributed by atoms with Crippen LogP contribution in [0.15, 0.2) is 47.5 Å². The van der Waals surface area contributed by atoms with E-state index in [1.54, 1.807) is 0 Å². The van der Waals surface area contributed by atoms with Gasteiger partial charge in [0.25, 0.3) is 5.91 Å². The van der Waals surface area contributed by atoms with E-state index in [2.05, 4.69) is 5.32 Å². The second-order valence-corrected chi connectivity index (χ2v) is 9.75. The lowest BCUT2D eigenvalue weighted by Gasteiger charge is -2.44. The number of piperidine rings is 1. The minimum atomic E-state index is -4.53. The normalized spacial score (nSPS) is 23.8. The Morgan fingerprint density at radius 1 is 1.00 bits per heavy atom. The Labute approximate surface area is 210 Å². The van der Waals surface area contributed by atoms with Crippen LogP contribution >= 0.6 is 0 Å². The molecule has 1 atom stereocenters. The Balaban J connectivity index is 1.52. The summed E-state index contributed by atoms with van der Waals surface area (Å²) >= 11 is 0. The molecule has 37 heavy (non-hydrogen) atoms. The summed E-state index contributed by atoms with van der Waals surface area (Å²) in [5.74, 6) is -1.86. The third-order valence-corrected chi connectivity index (χ3v) is 7.26. The van der Waals surface area contributed by atoms with Gasteiger partial charge < -0.3 is 4.90 Å². The number of hydrogen-bond donors (Lipinski definition) is 1. The van der Waals surface area contributed by atoms with Gasteiger partial charge in [0, 0.05) is 18.2 Å². The Hall–Kier alpha value is -3.50. The molecule has 1 aliphatic carbocycles. The van der Waals surface area contributed by atoms with Crippen LogP contribution in [0.2, 0.25) is 0 Å². The fourth-order valence-corrected chi connectivity index (χ4v) is 5.54. The van der Waals surface area contributed by atoms with Crippen molar-refractivity contribution < 1.29 is 31.5 Å². The lowest BCUT2D eigenvalue weighted by Crippen LogP contribution is -2.61. The molecule has 2 aliphatic heterocycles. The van der Waals surface area contributed by atoms with Crippen molar-refractivity contribution in [3.63, 3.8) is 0 Å². The number of alkyl halides is 3. The minimum Gasteiger partial charge on any atom is -0.336 e. The van der Waals surface area contributed by atoms with E-state index >= 15 is 0 Å². The van der Waals surface area contributed by atoms with Crippen LogP contribution in [0.3, 0.4) is 0 Å². The molecule has 3 amide bonds. The highest BCUT2D eigenvalue weighted by atomic mass is 19.4. The summed E-state index contributed by atoms with van der Waals surface area (Å²) in [6.45, 7) is 0.271. The van der Waals surface area contributed by atoms with Gasteiger partial charge in [0.2, 0.25) is 0 Å². The Kier molecular flexibility index (Phi) is 6.41. The van der Waals surface area contributed by atoms with E-state index in [-0.39, 0.29) is 23.8 Å². The number of nitrogens with one attached hydrogen (secondary N) is 1. The summed E-state index contributed by atoms with van der Waals surface area (Å²) < 4.78 is 67.2. The van der Waals surface area contributed by atoms with Gasteiger partial charge in [0.1, 0.15) is 23.0 Å². The fraction of sp³-hybridized carbons (Fsp3) is 0.423. The maximum atomic E-state index is 14.2. The highest BCUT2D eigenvalue weighted by Gasteiger charge is 2.54. The van der Waals surface area contributed by atoms with Crippen LogP contribution < -0.4 is 10.2 Å². The van der Waals surface area contributed by atoms with Crippen molar-refractivity contribution in [3.05, 3.63) is 65.2 Å². The van der Waals surface area contributed by atoms with E-state index in [9.17, 15) is 31.5 Å². The minimum absolute atomic E-state index is 0.00421. The number of amidine groups is 1. The molecule has 0 radical (unpaired) electrons. The first kappa shape index (κ1) is 25.2. The summed E-state index contributed by atoms with van der Waals surface area (Å²) in [4.78, 5) is 34.1. The van der Waals surface area contributed by atoms with Crippen LogP contribution in [0.25, 0.3) is 0 Å². The van der Waals surface area contributed by atoms with Crippen molar-refractivity contribution in [2.75, 3.05) is 18.0 Å². The van der Waals surface area contributed by atoms with Gasteiger partial charge in [-0.05, 0) is 62.1 Å². The zero-order valence-corrected chi connectivity index (χ0v) is 19.8. The van der Waals surface area contributed by atoms with Crippen molar-refractivity contribution in [3.8, 4) is 0 Å². The van der Waals surface area contributed by atoms with Crippen molar-refractivity contribution in [2.24, 2.45) is 4.99 Å². The van der Waals surface area contributed by atoms with Gasteiger partial charge in [-0.15, -0.1) is 0 Å². The molecule has 2 aromatic carbocycles. The number of hydrogen-bond acceptors (Lipinski definition) is 3. The van der Waals surface area contributed by atoms with E-state index in [1.807, 2.05) is 0 Å². The lowest BCUT2D eigenvalue weighted by molar-refractivity contribution is -0.137. The van der Waals surface area contributed by atoms with Crippen LogP contribution in [0, 0.1) is 11.6 Å². The van der Waals surface area contributed by atoms with Crippen molar-refractivity contribution in [1.82, 2.24) is 10.2 Å². The van der Waals surface area contributed by atoms with Gasteiger partial charge in [-0.1, -0.05) is 12.8 Å². The zero-order valence-electron chi connectivity index (χ0n) is 19.8. The highest BCUT2D eigenvalue weighted by Crippen LogP contribution is 2.39. The van der Waals surface area contributed by atoms with Gasteiger partial charge >= 0.3 is 12.2 Å². The van der Waals surface area contributed by atoms with Crippen molar-refractivity contribution in [1.29, 1.82) is 0 Å². The average Bonchev–Trinajstić information content (AvgIpc) is 3.44. The number of amides is 3. The number of aliphatic imine (C=N–C) groups is 1. The number of carbonyl (C=O) groups is 2. The molecule has 1 unspecified atom stereocenters. The summed E-state index contributed by atoms with van der Waals surface area (Å²) in [6.07, 6.45) is -0.0134. The number of carbonyl (C=O) groups excluding carboxylic acids is 2. The quantitative estimate of drug-likeness (QED) is 0.541. The van der Waals surface area contributed by atoms with Gasteiger partial charge in [0.15, 0.2) is 0 Å². The second kappa shape index (κ2) is 9.42. The molecule has 2 aromatic rings. The molecule has 3 fully saturated rings. The molecule has 11 heteroatoms. The molecule has 2 heterocycles. The molecule has 196 valence electrons. The first-order chi connectivity index (χ1) is 17.6. The van der Waals surface area contributed by atoms with Crippen molar-refractivity contribution >= 4 is 23.5 Å². The molecule has 5 rings (SSSR count). The third-order valence-electron chi connectivity index (χ3n) is 7.26. The topological polar surface area (TPSA) is 65.0 Å². The first-order valence-electron chi connectivity index (χ1n) is 12.2. The third kappa shape index (κ3) is 4.78. The Morgan fingerprint density at radius 2 is 1.65 bits per heavy atom. The van der Waals surface area contributed by atoms with Crippen LogP contribution in [0.4, 0.5) is 32.4 Å². The van der Waals surface area contributed by atoms with E-state index in [4.69, 9.17) is 4.99 Å².